The first-order valence-electron chi connectivity index (χ1n) is 10.5. The van der Waals surface area contributed by atoms with E-state index in [0.29, 0.717) is 25.7 Å². The molecular formula is C23H28O7. The van der Waals surface area contributed by atoms with E-state index in [4.69, 9.17) is 18.6 Å². The zero-order valence-electron chi connectivity index (χ0n) is 17.9. The summed E-state index contributed by atoms with van der Waals surface area (Å²) in [5, 5.41) is 0. The Morgan fingerprint density at radius 2 is 2.07 bits per heavy atom. The van der Waals surface area contributed by atoms with Gasteiger partial charge in [-0.3, -0.25) is 14.4 Å². The van der Waals surface area contributed by atoms with E-state index < -0.39 is 29.0 Å². The monoisotopic (exact) mass is 416 g/mol. The fraction of sp³-hybridized carbons (Fsp3) is 0.609. The van der Waals surface area contributed by atoms with E-state index in [9.17, 15) is 14.4 Å². The van der Waals surface area contributed by atoms with Gasteiger partial charge in [0.15, 0.2) is 0 Å². The van der Waals surface area contributed by atoms with Gasteiger partial charge >= 0.3 is 17.9 Å². The van der Waals surface area contributed by atoms with Crippen molar-refractivity contribution in [3.05, 3.63) is 35.3 Å². The van der Waals surface area contributed by atoms with Crippen molar-refractivity contribution in [1.82, 2.24) is 0 Å². The van der Waals surface area contributed by atoms with Gasteiger partial charge in [0.2, 0.25) is 0 Å². The number of fused-ring (bicyclic) bond motifs is 1. The highest BCUT2D eigenvalue weighted by atomic mass is 16.6. The van der Waals surface area contributed by atoms with Gasteiger partial charge < -0.3 is 18.6 Å². The van der Waals surface area contributed by atoms with Gasteiger partial charge in [-0.1, -0.05) is 6.92 Å². The van der Waals surface area contributed by atoms with E-state index in [1.807, 2.05) is 13.8 Å². The van der Waals surface area contributed by atoms with Crippen molar-refractivity contribution in [1.29, 1.82) is 0 Å². The summed E-state index contributed by atoms with van der Waals surface area (Å²) in [5.74, 6) is -1.15. The van der Waals surface area contributed by atoms with Crippen LogP contribution in [0.3, 0.4) is 0 Å². The van der Waals surface area contributed by atoms with Crippen molar-refractivity contribution in [2.75, 3.05) is 7.11 Å². The van der Waals surface area contributed by atoms with E-state index in [1.54, 1.807) is 18.6 Å². The minimum absolute atomic E-state index is 0.106. The van der Waals surface area contributed by atoms with Gasteiger partial charge in [0, 0.05) is 18.9 Å². The molecule has 1 aromatic rings. The zero-order chi connectivity index (χ0) is 21.7. The number of furan rings is 1. The number of hydrogen-bond acceptors (Lipinski definition) is 7. The van der Waals surface area contributed by atoms with E-state index >= 15 is 0 Å². The van der Waals surface area contributed by atoms with Crippen LogP contribution < -0.4 is 0 Å². The molecule has 4 rings (SSSR count). The lowest BCUT2D eigenvalue weighted by molar-refractivity contribution is -0.158. The third kappa shape index (κ3) is 2.89. The smallest absolute Gasteiger partial charge is 0.317 e. The lowest BCUT2D eigenvalue weighted by atomic mass is 9.54. The SMILES string of the molecule is COC(=O)[C@@]1(C)CCCC2=C1[C@@H](OC(C)=O)C[C@@H](C)[C@]21C[C@@H](c2ccoc2)OC1=O. The first kappa shape index (κ1) is 20.7. The van der Waals surface area contributed by atoms with Gasteiger partial charge in [0.1, 0.15) is 12.2 Å². The minimum Gasteiger partial charge on any atom is -0.472 e. The van der Waals surface area contributed by atoms with Gasteiger partial charge in [0.25, 0.3) is 0 Å². The first-order valence-corrected chi connectivity index (χ1v) is 10.5. The van der Waals surface area contributed by atoms with Crippen LogP contribution in [0.4, 0.5) is 0 Å². The van der Waals surface area contributed by atoms with Crippen molar-refractivity contribution in [3.8, 4) is 0 Å². The Hall–Kier alpha value is -2.57. The van der Waals surface area contributed by atoms with Gasteiger partial charge in [-0.05, 0) is 55.7 Å². The van der Waals surface area contributed by atoms with Crippen LogP contribution >= 0.6 is 0 Å². The first-order chi connectivity index (χ1) is 14.2. The average molecular weight is 416 g/mol. The third-order valence-corrected chi connectivity index (χ3v) is 7.27. The summed E-state index contributed by atoms with van der Waals surface area (Å²) in [6, 6.07) is 1.81. The highest BCUT2D eigenvalue weighted by Crippen LogP contribution is 2.62. The molecule has 0 N–H and O–H groups in total. The van der Waals surface area contributed by atoms with Crippen LogP contribution in [0.5, 0.6) is 0 Å². The molecule has 5 atom stereocenters. The molecule has 1 saturated heterocycles. The Morgan fingerprint density at radius 3 is 2.70 bits per heavy atom. The molecular weight excluding hydrogens is 388 g/mol. The minimum atomic E-state index is -0.941. The lowest BCUT2D eigenvalue weighted by Crippen LogP contribution is -2.50. The average Bonchev–Trinajstić information content (AvgIpc) is 3.33. The van der Waals surface area contributed by atoms with Gasteiger partial charge in [-0.2, -0.15) is 0 Å². The number of cyclic esters (lactones) is 1. The van der Waals surface area contributed by atoms with Gasteiger partial charge in [-0.25, -0.2) is 0 Å². The number of ether oxygens (including phenoxy) is 3. The molecule has 2 heterocycles. The molecule has 0 bridgehead atoms. The highest BCUT2D eigenvalue weighted by molar-refractivity contribution is 5.87. The molecule has 30 heavy (non-hydrogen) atoms. The molecule has 1 fully saturated rings. The second-order valence-electron chi connectivity index (χ2n) is 8.93. The van der Waals surface area contributed by atoms with Gasteiger partial charge in [-0.15, -0.1) is 0 Å². The number of carbonyl (C=O) groups excluding carboxylic acids is 3. The number of esters is 3. The molecule has 7 nitrogen and oxygen atoms in total. The predicted octanol–water partition coefficient (Wildman–Crippen LogP) is 3.89. The van der Waals surface area contributed by atoms with Crippen LogP contribution in [-0.2, 0) is 28.6 Å². The third-order valence-electron chi connectivity index (χ3n) is 7.27. The summed E-state index contributed by atoms with van der Waals surface area (Å²) >= 11 is 0. The maximum absolute atomic E-state index is 13.4. The Bertz CT molecular complexity index is 899. The Morgan fingerprint density at radius 1 is 1.30 bits per heavy atom. The van der Waals surface area contributed by atoms with Crippen molar-refractivity contribution in [2.24, 2.45) is 16.7 Å². The van der Waals surface area contributed by atoms with Crippen LogP contribution in [0.1, 0.15) is 64.5 Å². The van der Waals surface area contributed by atoms with Crippen molar-refractivity contribution >= 4 is 17.9 Å². The van der Waals surface area contributed by atoms with Crippen LogP contribution in [0, 0.1) is 16.7 Å². The maximum Gasteiger partial charge on any atom is 0.317 e. The molecule has 0 amide bonds. The molecule has 7 heteroatoms. The molecule has 1 spiro atoms. The summed E-state index contributed by atoms with van der Waals surface area (Å²) in [6.07, 6.45) is 5.14. The molecule has 0 aromatic carbocycles. The van der Waals surface area contributed by atoms with E-state index in [0.717, 1.165) is 23.1 Å². The quantitative estimate of drug-likeness (QED) is 0.419. The fourth-order valence-corrected chi connectivity index (χ4v) is 5.86. The number of hydrogen-bond donors (Lipinski definition) is 0. The summed E-state index contributed by atoms with van der Waals surface area (Å²) in [5.41, 5.74) is 0.664. The standard InChI is InChI=1S/C23H28O7/c1-13-10-17(29-14(2)24)19-16(6-5-8-22(19,3)20(25)27-4)23(13)11-18(30-21(23)26)15-7-9-28-12-15/h7,9,12-13,17-18H,5-6,8,10-11H2,1-4H3/t13-,17+,18+,22+,23-/m1/s1. The lowest BCUT2D eigenvalue weighted by Gasteiger charge is -2.49. The number of rotatable bonds is 3. The zero-order valence-corrected chi connectivity index (χ0v) is 17.9. The van der Waals surface area contributed by atoms with Gasteiger partial charge in [0.05, 0.1) is 30.5 Å². The Kier molecular flexibility index (Phi) is 5.03. The number of carbonyl (C=O) groups is 3. The topological polar surface area (TPSA) is 92.0 Å². The summed E-state index contributed by atoms with van der Waals surface area (Å²) in [7, 11) is 1.36. The van der Waals surface area contributed by atoms with Crippen LogP contribution in [0.15, 0.2) is 34.2 Å². The van der Waals surface area contributed by atoms with Crippen LogP contribution in [-0.4, -0.2) is 31.1 Å². The molecule has 162 valence electrons. The molecule has 3 aliphatic rings. The predicted molar refractivity (Wildman–Crippen MR) is 105 cm³/mol. The summed E-state index contributed by atoms with van der Waals surface area (Å²) < 4.78 is 21.8. The second kappa shape index (κ2) is 7.29. The van der Waals surface area contributed by atoms with E-state index in [1.165, 1.54) is 14.0 Å². The Balaban J connectivity index is 1.88. The normalized spacial score (nSPS) is 35.7. The largest absolute Gasteiger partial charge is 0.472 e. The molecule has 0 saturated carbocycles. The molecule has 1 aliphatic heterocycles. The van der Waals surface area contributed by atoms with Crippen molar-refractivity contribution < 1.29 is 33.0 Å². The second-order valence-corrected chi connectivity index (χ2v) is 8.93. The summed E-state index contributed by atoms with van der Waals surface area (Å²) in [4.78, 5) is 38.1. The summed E-state index contributed by atoms with van der Waals surface area (Å²) in [6.45, 7) is 5.21. The molecule has 2 aliphatic carbocycles. The van der Waals surface area contributed by atoms with Crippen LogP contribution in [0.25, 0.3) is 0 Å². The van der Waals surface area contributed by atoms with E-state index in [2.05, 4.69) is 0 Å². The maximum atomic E-state index is 13.4. The van der Waals surface area contributed by atoms with Crippen LogP contribution in [0.2, 0.25) is 0 Å². The molecule has 0 radical (unpaired) electrons. The highest BCUT2D eigenvalue weighted by Gasteiger charge is 2.62. The number of methoxy groups -OCH3 is 1. The molecule has 1 aromatic heterocycles. The van der Waals surface area contributed by atoms with Crippen molar-refractivity contribution in [3.63, 3.8) is 0 Å². The fourth-order valence-electron chi connectivity index (χ4n) is 5.86. The van der Waals surface area contributed by atoms with Crippen molar-refractivity contribution in [2.45, 2.75) is 65.1 Å². The van der Waals surface area contributed by atoms with E-state index in [-0.39, 0.29) is 17.9 Å². The Labute approximate surface area is 175 Å². The molecule has 0 unspecified atom stereocenters.